The van der Waals surface area contributed by atoms with Crippen LogP contribution in [0.3, 0.4) is 0 Å². The molecule has 0 radical (unpaired) electrons. The van der Waals surface area contributed by atoms with E-state index >= 15 is 0 Å². The van der Waals surface area contributed by atoms with Crippen LogP contribution in [-0.4, -0.2) is 31.6 Å². The van der Waals surface area contributed by atoms with Crippen LogP contribution in [-0.2, 0) is 4.79 Å². The van der Waals surface area contributed by atoms with Crippen molar-refractivity contribution >= 4 is 23.4 Å². The van der Waals surface area contributed by atoms with E-state index in [0.29, 0.717) is 30.1 Å². The zero-order chi connectivity index (χ0) is 18.8. The maximum Gasteiger partial charge on any atom is 0.240 e. The Morgan fingerprint density at radius 3 is 2.46 bits per heavy atom. The number of hydrogen-bond acceptors (Lipinski definition) is 5. The number of ether oxygens (including phenoxy) is 2. The lowest BCUT2D eigenvalue weighted by molar-refractivity contribution is -0.120. The summed E-state index contributed by atoms with van der Waals surface area (Å²) in [6, 6.07) is 15.6. The van der Waals surface area contributed by atoms with Crippen LogP contribution < -0.4 is 14.9 Å². The summed E-state index contributed by atoms with van der Waals surface area (Å²) in [5, 5.41) is 4.28. The highest BCUT2D eigenvalue weighted by Crippen LogP contribution is 2.28. The van der Waals surface area contributed by atoms with Gasteiger partial charge < -0.3 is 9.47 Å². The molecule has 6 heteroatoms. The highest BCUT2D eigenvalue weighted by molar-refractivity contribution is 7.99. The number of hydrogen-bond donors (Lipinski definition) is 1. The predicted octanol–water partition coefficient (Wildman–Crippen LogP) is 4.12. The van der Waals surface area contributed by atoms with Crippen molar-refractivity contribution in [2.75, 3.05) is 20.0 Å². The summed E-state index contributed by atoms with van der Waals surface area (Å²) in [5.74, 6) is 1.91. The Morgan fingerprint density at radius 1 is 1.08 bits per heavy atom. The maximum absolute atomic E-state index is 12.0. The van der Waals surface area contributed by atoms with Gasteiger partial charge in [-0.2, -0.15) is 5.10 Å². The first-order chi connectivity index (χ1) is 12.7. The maximum atomic E-state index is 12.0. The van der Waals surface area contributed by atoms with Crippen molar-refractivity contribution in [3.63, 3.8) is 0 Å². The number of nitrogens with zero attached hydrogens (tertiary/aromatic N) is 1. The zero-order valence-corrected chi connectivity index (χ0v) is 16.1. The number of hydrazone groups is 1. The lowest BCUT2D eigenvalue weighted by Gasteiger charge is -2.10. The molecule has 2 aromatic carbocycles. The SMILES string of the molecule is CC/C(=N\NC(=O)CCSc1ccccc1)c1ccc(OC)c(OC)c1. The minimum atomic E-state index is -0.0974. The van der Waals surface area contributed by atoms with Gasteiger partial charge in [0.05, 0.1) is 19.9 Å². The Kier molecular flexibility index (Phi) is 8.02. The Balaban J connectivity index is 1.92. The minimum absolute atomic E-state index is 0.0974. The molecule has 0 saturated carbocycles. The smallest absolute Gasteiger partial charge is 0.240 e. The number of thioether (sulfide) groups is 1. The van der Waals surface area contributed by atoms with Crippen LogP contribution in [0.1, 0.15) is 25.3 Å². The lowest BCUT2D eigenvalue weighted by Crippen LogP contribution is -2.20. The molecule has 0 heterocycles. The van der Waals surface area contributed by atoms with Gasteiger partial charge in [-0.3, -0.25) is 4.79 Å². The molecular weight excluding hydrogens is 348 g/mol. The van der Waals surface area contributed by atoms with Gasteiger partial charge in [-0.15, -0.1) is 11.8 Å². The van der Waals surface area contributed by atoms with Crippen LogP contribution in [0.25, 0.3) is 0 Å². The fraction of sp³-hybridized carbons (Fsp3) is 0.300. The van der Waals surface area contributed by atoms with Gasteiger partial charge in [0, 0.05) is 22.6 Å². The van der Waals surface area contributed by atoms with Crippen LogP contribution in [0.5, 0.6) is 11.5 Å². The van der Waals surface area contributed by atoms with Crippen LogP contribution >= 0.6 is 11.8 Å². The van der Waals surface area contributed by atoms with Crippen molar-refractivity contribution in [2.24, 2.45) is 5.10 Å². The number of nitrogens with one attached hydrogen (secondary N) is 1. The molecule has 2 rings (SSSR count). The Labute approximate surface area is 158 Å². The highest BCUT2D eigenvalue weighted by Gasteiger charge is 2.09. The van der Waals surface area contributed by atoms with Gasteiger partial charge in [-0.25, -0.2) is 5.43 Å². The molecule has 5 nitrogen and oxygen atoms in total. The molecule has 26 heavy (non-hydrogen) atoms. The van der Waals surface area contributed by atoms with E-state index in [-0.39, 0.29) is 5.91 Å². The van der Waals surface area contributed by atoms with Gasteiger partial charge in [0.25, 0.3) is 0 Å². The molecule has 0 unspecified atom stereocenters. The first kappa shape index (κ1) is 19.8. The highest BCUT2D eigenvalue weighted by atomic mass is 32.2. The van der Waals surface area contributed by atoms with E-state index in [1.807, 2.05) is 55.5 Å². The second-order valence-corrected chi connectivity index (χ2v) is 6.60. The van der Waals surface area contributed by atoms with E-state index in [1.165, 1.54) is 0 Å². The fourth-order valence-electron chi connectivity index (χ4n) is 2.33. The number of rotatable bonds is 9. The molecule has 0 aromatic heterocycles. The third-order valence-electron chi connectivity index (χ3n) is 3.71. The average Bonchev–Trinajstić information content (AvgIpc) is 2.69. The van der Waals surface area contributed by atoms with Gasteiger partial charge in [-0.05, 0) is 36.8 Å². The van der Waals surface area contributed by atoms with E-state index in [4.69, 9.17) is 9.47 Å². The molecule has 2 aromatic rings. The van der Waals surface area contributed by atoms with Gasteiger partial charge in [0.1, 0.15) is 0 Å². The first-order valence-corrected chi connectivity index (χ1v) is 9.42. The van der Waals surface area contributed by atoms with Gasteiger partial charge in [0.2, 0.25) is 5.91 Å². The summed E-state index contributed by atoms with van der Waals surface area (Å²) in [4.78, 5) is 13.2. The van der Waals surface area contributed by atoms with Crippen LogP contribution in [0.15, 0.2) is 58.5 Å². The summed E-state index contributed by atoms with van der Waals surface area (Å²) >= 11 is 1.65. The molecule has 0 fully saturated rings. The third-order valence-corrected chi connectivity index (χ3v) is 4.72. The predicted molar refractivity (Wildman–Crippen MR) is 106 cm³/mol. The van der Waals surface area contributed by atoms with Crippen molar-refractivity contribution in [1.82, 2.24) is 5.43 Å². The Bertz CT molecular complexity index is 748. The minimum Gasteiger partial charge on any atom is -0.493 e. The van der Waals surface area contributed by atoms with E-state index in [1.54, 1.807) is 26.0 Å². The molecule has 0 spiro atoms. The van der Waals surface area contributed by atoms with Crippen LogP contribution in [0.4, 0.5) is 0 Å². The van der Waals surface area contributed by atoms with E-state index in [9.17, 15) is 4.79 Å². The standard InChI is InChI=1S/C20H24N2O3S/c1-4-17(15-10-11-18(24-2)19(14-15)25-3)21-22-20(23)12-13-26-16-8-6-5-7-9-16/h5-11,14H,4,12-13H2,1-3H3,(H,22,23)/b21-17+. The van der Waals surface area contributed by atoms with Crippen molar-refractivity contribution in [1.29, 1.82) is 0 Å². The van der Waals surface area contributed by atoms with Crippen molar-refractivity contribution in [3.05, 3.63) is 54.1 Å². The van der Waals surface area contributed by atoms with Gasteiger partial charge >= 0.3 is 0 Å². The number of benzene rings is 2. The van der Waals surface area contributed by atoms with Crippen LogP contribution in [0, 0.1) is 0 Å². The topological polar surface area (TPSA) is 59.9 Å². The molecule has 138 valence electrons. The molecule has 0 atom stereocenters. The number of carbonyl (C=O) groups excluding carboxylic acids is 1. The van der Waals surface area contributed by atoms with Gasteiger partial charge in [-0.1, -0.05) is 25.1 Å². The van der Waals surface area contributed by atoms with Gasteiger partial charge in [0.15, 0.2) is 11.5 Å². The molecule has 0 saturated heterocycles. The average molecular weight is 372 g/mol. The van der Waals surface area contributed by atoms with Crippen LogP contribution in [0.2, 0.25) is 0 Å². The first-order valence-electron chi connectivity index (χ1n) is 8.43. The van der Waals surface area contributed by atoms with E-state index in [2.05, 4.69) is 10.5 Å². The summed E-state index contributed by atoms with van der Waals surface area (Å²) in [6.45, 7) is 1.99. The summed E-state index contributed by atoms with van der Waals surface area (Å²) in [6.07, 6.45) is 1.10. The molecule has 0 bridgehead atoms. The van der Waals surface area contributed by atoms with Crippen molar-refractivity contribution < 1.29 is 14.3 Å². The molecule has 0 aliphatic carbocycles. The second kappa shape index (κ2) is 10.5. The largest absolute Gasteiger partial charge is 0.493 e. The normalized spacial score (nSPS) is 11.1. The quantitative estimate of drug-likeness (QED) is 0.409. The lowest BCUT2D eigenvalue weighted by atomic mass is 10.1. The monoisotopic (exact) mass is 372 g/mol. The summed E-state index contributed by atoms with van der Waals surface area (Å²) in [7, 11) is 3.19. The molecule has 0 aliphatic rings. The number of methoxy groups -OCH3 is 2. The van der Waals surface area contributed by atoms with E-state index < -0.39 is 0 Å². The van der Waals surface area contributed by atoms with E-state index in [0.717, 1.165) is 16.2 Å². The van der Waals surface area contributed by atoms with Crippen molar-refractivity contribution in [3.8, 4) is 11.5 Å². The molecule has 1 N–H and O–H groups in total. The number of amides is 1. The molecule has 0 aliphatic heterocycles. The van der Waals surface area contributed by atoms with Crippen molar-refractivity contribution in [2.45, 2.75) is 24.7 Å². The Hall–Kier alpha value is -2.47. The summed E-state index contributed by atoms with van der Waals surface area (Å²) in [5.41, 5.74) is 4.33. The third kappa shape index (κ3) is 5.81. The summed E-state index contributed by atoms with van der Waals surface area (Å²) < 4.78 is 10.6. The fourth-order valence-corrected chi connectivity index (χ4v) is 3.20. The molecular formula is C20H24N2O3S. The second-order valence-electron chi connectivity index (χ2n) is 5.43. The number of carbonyl (C=O) groups is 1. The molecule has 1 amide bonds. The zero-order valence-electron chi connectivity index (χ0n) is 15.3. The Morgan fingerprint density at radius 2 is 1.81 bits per heavy atom.